The number of carbonyl (C=O) groups excluding carboxylic acids is 1. The topological polar surface area (TPSA) is 160 Å². The third kappa shape index (κ3) is 9.47. The van der Waals surface area contributed by atoms with Gasteiger partial charge in [0.25, 0.3) is 5.56 Å². The van der Waals surface area contributed by atoms with Gasteiger partial charge < -0.3 is 38.8 Å². The molecular weight excluding hydrogens is 694 g/mol. The summed E-state index contributed by atoms with van der Waals surface area (Å²) in [6, 6.07) is 24.9. The number of H-pyrrole nitrogens is 1. The van der Waals surface area contributed by atoms with E-state index in [1.54, 1.807) is 21.1 Å². The Morgan fingerprint density at radius 3 is 2.15 bits per heavy atom. The Morgan fingerprint density at radius 1 is 0.926 bits per heavy atom. The van der Waals surface area contributed by atoms with Gasteiger partial charge >= 0.3 is 11.8 Å². The summed E-state index contributed by atoms with van der Waals surface area (Å²) < 4.78 is 36.8. The summed E-state index contributed by atoms with van der Waals surface area (Å²) in [6.45, 7) is 5.89. The van der Waals surface area contributed by atoms with Crippen LogP contribution in [-0.4, -0.2) is 79.6 Å². The molecule has 1 aliphatic heterocycles. The lowest BCUT2D eigenvalue weighted by Gasteiger charge is -2.37. The van der Waals surface area contributed by atoms with E-state index in [1.165, 1.54) is 16.8 Å². The number of aliphatic hydroxyl groups is 1. The minimum Gasteiger partial charge on any atom is -0.497 e. The maximum Gasteiger partial charge on any atom is 0.407 e. The largest absolute Gasteiger partial charge is 0.497 e. The molecular formula is C41H49N3O10. The van der Waals surface area contributed by atoms with E-state index in [9.17, 15) is 19.5 Å². The molecule has 5 rings (SSSR count). The summed E-state index contributed by atoms with van der Waals surface area (Å²) in [6.07, 6.45) is 1.29. The molecule has 54 heavy (non-hydrogen) atoms. The zero-order valence-corrected chi connectivity index (χ0v) is 30.9. The molecule has 1 saturated heterocycles. The van der Waals surface area contributed by atoms with Crippen molar-refractivity contribution in [3.8, 4) is 11.5 Å². The van der Waals surface area contributed by atoms with E-state index in [4.69, 9.17) is 28.4 Å². The van der Waals surface area contributed by atoms with Gasteiger partial charge in [-0.05, 0) is 60.7 Å². The van der Waals surface area contributed by atoms with Crippen LogP contribution < -0.4 is 26.0 Å². The maximum absolute atomic E-state index is 13.1. The molecule has 0 radical (unpaired) electrons. The van der Waals surface area contributed by atoms with Gasteiger partial charge in [-0.3, -0.25) is 14.3 Å². The Hall–Kier alpha value is -5.21. The molecule has 0 aliphatic carbocycles. The zero-order chi connectivity index (χ0) is 38.5. The number of ether oxygens (including phenoxy) is 6. The molecule has 1 fully saturated rings. The van der Waals surface area contributed by atoms with Gasteiger partial charge in [-0.15, -0.1) is 0 Å². The number of benzene rings is 3. The molecule has 288 valence electrons. The summed E-state index contributed by atoms with van der Waals surface area (Å²) in [4.78, 5) is 39.3. The molecule has 0 unspecified atom stereocenters. The van der Waals surface area contributed by atoms with Crippen LogP contribution in [0.4, 0.5) is 4.79 Å². The molecule has 0 spiro atoms. The van der Waals surface area contributed by atoms with E-state index >= 15 is 0 Å². The SMILES string of the molecule is C=CCOC(=O)NCCCCCCO[C@@H]1[C@H](O)[C@@H](COC(c2ccccc2)(c2ccc(OC)cc2)c2ccc(OC)cc2)O[C@H]1n1cc(C)c(=O)[nH]c1=O. The Morgan fingerprint density at radius 2 is 1.54 bits per heavy atom. The van der Waals surface area contributed by atoms with E-state index in [-0.39, 0.29) is 19.8 Å². The molecule has 0 bridgehead atoms. The van der Waals surface area contributed by atoms with Crippen LogP contribution in [0.5, 0.6) is 11.5 Å². The summed E-state index contributed by atoms with van der Waals surface area (Å²) in [7, 11) is 3.21. The van der Waals surface area contributed by atoms with Crippen molar-refractivity contribution in [2.75, 3.05) is 40.6 Å². The lowest BCUT2D eigenvalue weighted by atomic mass is 9.80. The molecule has 3 N–H and O–H groups in total. The van der Waals surface area contributed by atoms with Crippen LogP contribution in [0.2, 0.25) is 0 Å². The molecule has 2 heterocycles. The van der Waals surface area contributed by atoms with Crippen molar-refractivity contribution in [2.45, 2.75) is 62.7 Å². The number of methoxy groups -OCH3 is 2. The second-order valence-electron chi connectivity index (χ2n) is 12.9. The first-order valence-corrected chi connectivity index (χ1v) is 18.0. The summed E-state index contributed by atoms with van der Waals surface area (Å²) in [5, 5.41) is 14.5. The maximum atomic E-state index is 13.1. The van der Waals surface area contributed by atoms with Crippen molar-refractivity contribution < 1.29 is 38.3 Å². The standard InChI is InChI=1S/C41H49N3O10/c1-5-24-52-40(48)42-23-11-6-7-12-25-51-36-35(45)34(54-38(36)44-26-28(2)37(46)43-39(44)47)27-53-41(29-13-9-8-10-14-29,30-15-19-32(49-3)20-16-30)31-17-21-33(50-4)22-18-31/h5,8-10,13-22,26,34-36,38,45H,1,6-7,11-12,23-25,27H2,2-4H3,(H,42,48)(H,43,46,47)/t34-,35-,36-,38-/m1/s1. The number of alkyl carbamates (subject to hydrolysis) is 1. The summed E-state index contributed by atoms with van der Waals surface area (Å²) in [5.41, 5.74) is 0.346. The van der Waals surface area contributed by atoms with Gasteiger partial charge in [0.2, 0.25) is 0 Å². The highest BCUT2D eigenvalue weighted by Crippen LogP contribution is 2.43. The molecule has 13 heteroatoms. The highest BCUT2D eigenvalue weighted by atomic mass is 16.6. The third-order valence-electron chi connectivity index (χ3n) is 9.35. The zero-order valence-electron chi connectivity index (χ0n) is 30.9. The molecule has 0 saturated carbocycles. The highest BCUT2D eigenvalue weighted by Gasteiger charge is 2.48. The fourth-order valence-corrected chi connectivity index (χ4v) is 6.49. The van der Waals surface area contributed by atoms with Crippen molar-refractivity contribution in [1.29, 1.82) is 0 Å². The fourth-order valence-electron chi connectivity index (χ4n) is 6.49. The van der Waals surface area contributed by atoms with E-state index in [0.29, 0.717) is 30.0 Å². The molecule has 13 nitrogen and oxygen atoms in total. The van der Waals surface area contributed by atoms with Crippen molar-refractivity contribution >= 4 is 6.09 Å². The van der Waals surface area contributed by atoms with Crippen LogP contribution >= 0.6 is 0 Å². The summed E-state index contributed by atoms with van der Waals surface area (Å²) in [5.74, 6) is 1.35. The summed E-state index contributed by atoms with van der Waals surface area (Å²) >= 11 is 0. The number of nitrogens with one attached hydrogen (secondary N) is 2. The first kappa shape index (κ1) is 40.0. The van der Waals surface area contributed by atoms with Crippen LogP contribution in [0.1, 0.15) is 54.2 Å². The molecule has 4 atom stereocenters. The lowest BCUT2D eigenvalue weighted by Crippen LogP contribution is -2.41. The van der Waals surface area contributed by atoms with Gasteiger partial charge in [0.05, 0.1) is 20.8 Å². The van der Waals surface area contributed by atoms with E-state index in [2.05, 4.69) is 16.9 Å². The predicted molar refractivity (Wildman–Crippen MR) is 202 cm³/mol. The number of aromatic amines is 1. The van der Waals surface area contributed by atoms with Gasteiger partial charge in [-0.25, -0.2) is 9.59 Å². The van der Waals surface area contributed by atoms with Gasteiger partial charge in [-0.2, -0.15) is 0 Å². The molecule has 4 aromatic rings. The van der Waals surface area contributed by atoms with Crippen molar-refractivity contribution in [2.24, 2.45) is 0 Å². The number of carbonyl (C=O) groups is 1. The van der Waals surface area contributed by atoms with Crippen LogP contribution in [0.15, 0.2) is 107 Å². The van der Waals surface area contributed by atoms with Crippen LogP contribution in [0.25, 0.3) is 0 Å². The Bertz CT molecular complexity index is 1860. The fraction of sp³-hybridized carbons (Fsp3) is 0.390. The number of aryl methyl sites for hydroxylation is 1. The first-order chi connectivity index (χ1) is 26.2. The van der Waals surface area contributed by atoms with Gasteiger partial charge in [0.1, 0.15) is 42.0 Å². The molecule has 1 aliphatic rings. The number of rotatable bonds is 19. The number of nitrogens with zero attached hydrogens (tertiary/aromatic N) is 1. The van der Waals surface area contributed by atoms with E-state index in [1.807, 2.05) is 78.9 Å². The van der Waals surface area contributed by atoms with Gasteiger partial charge in [0, 0.05) is 24.9 Å². The number of aliphatic hydroxyl groups excluding tert-OH is 1. The third-order valence-corrected chi connectivity index (χ3v) is 9.35. The average molecular weight is 744 g/mol. The highest BCUT2D eigenvalue weighted by molar-refractivity contribution is 5.67. The molecule has 1 aromatic heterocycles. The first-order valence-electron chi connectivity index (χ1n) is 18.0. The number of hydrogen-bond acceptors (Lipinski definition) is 10. The van der Waals surface area contributed by atoms with E-state index in [0.717, 1.165) is 36.0 Å². The van der Waals surface area contributed by atoms with Crippen LogP contribution in [0.3, 0.4) is 0 Å². The predicted octanol–water partition coefficient (Wildman–Crippen LogP) is 4.99. The molecule has 3 aromatic carbocycles. The van der Waals surface area contributed by atoms with Crippen LogP contribution in [0, 0.1) is 6.92 Å². The molecule has 1 amide bonds. The number of amides is 1. The normalized spacial score (nSPS) is 18.2. The lowest BCUT2D eigenvalue weighted by molar-refractivity contribution is -0.0983. The second-order valence-corrected chi connectivity index (χ2v) is 12.9. The number of unbranched alkanes of at least 4 members (excludes halogenated alkanes) is 3. The Kier molecular flexibility index (Phi) is 14.2. The van der Waals surface area contributed by atoms with Gasteiger partial charge in [0.15, 0.2) is 6.23 Å². The number of aromatic nitrogens is 2. The van der Waals surface area contributed by atoms with Gasteiger partial charge in [-0.1, -0.05) is 80.1 Å². The Balaban J connectivity index is 1.39. The van der Waals surface area contributed by atoms with Crippen molar-refractivity contribution in [3.63, 3.8) is 0 Å². The van der Waals surface area contributed by atoms with Crippen molar-refractivity contribution in [1.82, 2.24) is 14.9 Å². The monoisotopic (exact) mass is 743 g/mol. The smallest absolute Gasteiger partial charge is 0.407 e. The van der Waals surface area contributed by atoms with Crippen LogP contribution in [-0.2, 0) is 24.5 Å². The second kappa shape index (κ2) is 19.2. The van der Waals surface area contributed by atoms with E-state index < -0.39 is 47.5 Å². The Labute approximate surface area is 314 Å². The quantitative estimate of drug-likeness (QED) is 0.0679. The average Bonchev–Trinajstić information content (AvgIpc) is 3.51. The number of hydrogen-bond donors (Lipinski definition) is 3. The minimum absolute atomic E-state index is 0.107. The minimum atomic E-state index is -1.21. The van der Waals surface area contributed by atoms with Crippen molar-refractivity contribution in [3.05, 3.63) is 141 Å².